The minimum Gasteiger partial charge on any atom is -0.478 e. The van der Waals surface area contributed by atoms with Crippen LogP contribution in [-0.4, -0.2) is 41.6 Å². The summed E-state index contributed by atoms with van der Waals surface area (Å²) in [6.07, 6.45) is -0.154. The van der Waals surface area contributed by atoms with E-state index in [2.05, 4.69) is 0 Å². The number of amides is 1. The Bertz CT molecular complexity index is 775. The first-order valence-electron chi connectivity index (χ1n) is 8.00. The number of carboxylic acids is 1. The summed E-state index contributed by atoms with van der Waals surface area (Å²) in [5, 5.41) is 8.90. The van der Waals surface area contributed by atoms with E-state index in [-0.39, 0.29) is 29.8 Å². The Labute approximate surface area is 144 Å². The van der Waals surface area contributed by atoms with Crippen LogP contribution in [0.2, 0.25) is 0 Å². The van der Waals surface area contributed by atoms with E-state index in [0.29, 0.717) is 25.3 Å². The van der Waals surface area contributed by atoms with Gasteiger partial charge in [-0.3, -0.25) is 4.79 Å². The lowest BCUT2D eigenvalue weighted by Crippen LogP contribution is -2.43. The fourth-order valence-electron chi connectivity index (χ4n) is 2.84. The van der Waals surface area contributed by atoms with Crippen LogP contribution in [0.3, 0.4) is 0 Å². The molecule has 0 aromatic heterocycles. The van der Waals surface area contributed by atoms with Gasteiger partial charge in [0.15, 0.2) is 0 Å². The van der Waals surface area contributed by atoms with E-state index in [9.17, 15) is 14.0 Å². The predicted octanol–water partition coefficient (Wildman–Crippen LogP) is 2.67. The second kappa shape index (κ2) is 7.44. The summed E-state index contributed by atoms with van der Waals surface area (Å²) < 4.78 is 19.0. The van der Waals surface area contributed by atoms with E-state index in [1.165, 1.54) is 24.3 Å². The maximum Gasteiger partial charge on any atom is 0.335 e. The lowest BCUT2D eigenvalue weighted by molar-refractivity contribution is -0.138. The van der Waals surface area contributed by atoms with Gasteiger partial charge < -0.3 is 14.7 Å². The monoisotopic (exact) mass is 343 g/mol. The number of hydrogen-bond donors (Lipinski definition) is 1. The molecule has 1 atom stereocenters. The molecule has 3 rings (SSSR count). The Morgan fingerprint density at radius 2 is 1.96 bits per heavy atom. The van der Waals surface area contributed by atoms with Crippen molar-refractivity contribution < 1.29 is 23.8 Å². The van der Waals surface area contributed by atoms with Gasteiger partial charge >= 0.3 is 5.97 Å². The number of halogens is 1. The molecule has 0 saturated carbocycles. The van der Waals surface area contributed by atoms with Crippen molar-refractivity contribution in [2.75, 3.05) is 19.7 Å². The molecule has 2 aromatic rings. The quantitative estimate of drug-likeness (QED) is 0.927. The fourth-order valence-corrected chi connectivity index (χ4v) is 2.84. The summed E-state index contributed by atoms with van der Waals surface area (Å²) in [6, 6.07) is 12.5. The molecule has 130 valence electrons. The summed E-state index contributed by atoms with van der Waals surface area (Å²) in [4.78, 5) is 25.1. The van der Waals surface area contributed by atoms with E-state index in [1.807, 2.05) is 0 Å². The van der Waals surface area contributed by atoms with Gasteiger partial charge in [-0.2, -0.15) is 0 Å². The van der Waals surface area contributed by atoms with Gasteiger partial charge in [-0.1, -0.05) is 24.3 Å². The van der Waals surface area contributed by atoms with Crippen molar-refractivity contribution >= 4 is 11.9 Å². The van der Waals surface area contributed by atoms with Gasteiger partial charge in [0.05, 0.1) is 25.1 Å². The lowest BCUT2D eigenvalue weighted by Gasteiger charge is -2.33. The predicted molar refractivity (Wildman–Crippen MR) is 88.8 cm³/mol. The van der Waals surface area contributed by atoms with Crippen LogP contribution in [0, 0.1) is 5.82 Å². The average Bonchev–Trinajstić information content (AvgIpc) is 2.62. The van der Waals surface area contributed by atoms with Gasteiger partial charge in [-0.15, -0.1) is 0 Å². The number of aromatic carboxylic acids is 1. The number of morpholine rings is 1. The van der Waals surface area contributed by atoms with Gasteiger partial charge in [0.1, 0.15) is 11.9 Å². The molecule has 1 aliphatic heterocycles. The van der Waals surface area contributed by atoms with Gasteiger partial charge in [0.2, 0.25) is 5.91 Å². The molecule has 0 spiro atoms. The third-order valence-corrected chi connectivity index (χ3v) is 4.20. The standard InChI is InChI=1S/C19H18FNO4/c20-16-3-1-2-15(11-16)17-12-21(8-9-25-17)18(22)10-13-4-6-14(7-5-13)19(23)24/h1-7,11,17H,8-10,12H2,(H,23,24)/t17-/m1/s1. The van der Waals surface area contributed by atoms with Crippen LogP contribution in [0.15, 0.2) is 48.5 Å². The van der Waals surface area contributed by atoms with Crippen molar-refractivity contribution in [3.05, 3.63) is 71.0 Å². The van der Waals surface area contributed by atoms with E-state index >= 15 is 0 Å². The first kappa shape index (κ1) is 17.1. The summed E-state index contributed by atoms with van der Waals surface area (Å²) in [5.41, 5.74) is 1.65. The first-order valence-corrected chi connectivity index (χ1v) is 8.00. The molecular weight excluding hydrogens is 325 g/mol. The van der Waals surface area contributed by atoms with Crippen LogP contribution in [0.1, 0.15) is 27.6 Å². The summed E-state index contributed by atoms with van der Waals surface area (Å²) in [7, 11) is 0. The molecule has 5 nitrogen and oxygen atoms in total. The normalized spacial score (nSPS) is 17.3. The van der Waals surface area contributed by atoms with E-state index in [1.54, 1.807) is 29.2 Å². The van der Waals surface area contributed by atoms with Crippen molar-refractivity contribution in [3.63, 3.8) is 0 Å². The molecule has 0 radical (unpaired) electrons. The second-order valence-electron chi connectivity index (χ2n) is 5.93. The molecule has 1 N–H and O–H groups in total. The zero-order chi connectivity index (χ0) is 17.8. The Morgan fingerprint density at radius 1 is 1.20 bits per heavy atom. The largest absolute Gasteiger partial charge is 0.478 e. The molecule has 1 fully saturated rings. The van der Waals surface area contributed by atoms with Crippen LogP contribution in [0.25, 0.3) is 0 Å². The number of rotatable bonds is 4. The zero-order valence-electron chi connectivity index (χ0n) is 13.5. The summed E-state index contributed by atoms with van der Waals surface area (Å²) in [6.45, 7) is 1.25. The number of hydrogen-bond acceptors (Lipinski definition) is 3. The highest BCUT2D eigenvalue weighted by Crippen LogP contribution is 2.23. The maximum atomic E-state index is 13.4. The second-order valence-corrected chi connectivity index (χ2v) is 5.93. The molecule has 1 heterocycles. The minimum absolute atomic E-state index is 0.0622. The Hall–Kier alpha value is -2.73. The molecule has 0 bridgehead atoms. The smallest absolute Gasteiger partial charge is 0.335 e. The van der Waals surface area contributed by atoms with E-state index in [4.69, 9.17) is 9.84 Å². The fraction of sp³-hybridized carbons (Fsp3) is 0.263. The maximum absolute atomic E-state index is 13.4. The lowest BCUT2D eigenvalue weighted by atomic mass is 10.1. The third kappa shape index (κ3) is 4.22. The number of ether oxygens (including phenoxy) is 1. The number of carboxylic acid groups (broad SMARTS) is 1. The Morgan fingerprint density at radius 3 is 2.64 bits per heavy atom. The van der Waals surface area contributed by atoms with Crippen LogP contribution in [0.5, 0.6) is 0 Å². The molecular formula is C19H18FNO4. The van der Waals surface area contributed by atoms with Gasteiger partial charge in [0.25, 0.3) is 0 Å². The van der Waals surface area contributed by atoms with Gasteiger partial charge in [-0.25, -0.2) is 9.18 Å². The highest BCUT2D eigenvalue weighted by molar-refractivity contribution is 5.87. The Kier molecular flexibility index (Phi) is 5.09. The summed E-state index contributed by atoms with van der Waals surface area (Å²) in [5.74, 6) is -1.39. The van der Waals surface area contributed by atoms with E-state index < -0.39 is 5.97 Å². The highest BCUT2D eigenvalue weighted by atomic mass is 19.1. The SMILES string of the molecule is O=C(O)c1ccc(CC(=O)N2CCO[C@@H](c3cccc(F)c3)C2)cc1. The van der Waals surface area contributed by atoms with Crippen LogP contribution < -0.4 is 0 Å². The molecule has 25 heavy (non-hydrogen) atoms. The van der Waals surface area contributed by atoms with Crippen molar-refractivity contribution in [1.82, 2.24) is 4.90 Å². The topological polar surface area (TPSA) is 66.8 Å². The van der Waals surface area contributed by atoms with Gasteiger partial charge in [0, 0.05) is 6.54 Å². The van der Waals surface area contributed by atoms with Crippen molar-refractivity contribution in [2.45, 2.75) is 12.5 Å². The third-order valence-electron chi connectivity index (χ3n) is 4.20. The highest BCUT2D eigenvalue weighted by Gasteiger charge is 2.25. The summed E-state index contributed by atoms with van der Waals surface area (Å²) >= 11 is 0. The molecule has 2 aromatic carbocycles. The van der Waals surface area contributed by atoms with Crippen molar-refractivity contribution in [1.29, 1.82) is 0 Å². The molecule has 1 amide bonds. The number of benzene rings is 2. The first-order chi connectivity index (χ1) is 12.0. The van der Waals surface area contributed by atoms with Crippen LogP contribution in [0.4, 0.5) is 4.39 Å². The number of carbonyl (C=O) groups excluding carboxylic acids is 1. The zero-order valence-corrected chi connectivity index (χ0v) is 13.5. The molecule has 1 saturated heterocycles. The van der Waals surface area contributed by atoms with Crippen LogP contribution in [-0.2, 0) is 16.0 Å². The minimum atomic E-state index is -0.996. The number of nitrogens with zero attached hydrogens (tertiary/aromatic N) is 1. The van der Waals surface area contributed by atoms with Crippen molar-refractivity contribution in [2.24, 2.45) is 0 Å². The number of carbonyl (C=O) groups is 2. The molecule has 0 unspecified atom stereocenters. The average molecular weight is 343 g/mol. The van der Waals surface area contributed by atoms with Gasteiger partial charge in [-0.05, 0) is 35.4 Å². The molecule has 0 aliphatic carbocycles. The molecule has 1 aliphatic rings. The molecule has 6 heteroatoms. The van der Waals surface area contributed by atoms with E-state index in [0.717, 1.165) is 5.56 Å². The van der Waals surface area contributed by atoms with Crippen LogP contribution >= 0.6 is 0 Å². The van der Waals surface area contributed by atoms with Crippen molar-refractivity contribution in [3.8, 4) is 0 Å². The Balaban J connectivity index is 1.64.